The zero-order chi connectivity index (χ0) is 17.2. The first-order valence-corrected chi connectivity index (χ1v) is 9.04. The minimum absolute atomic E-state index is 0.0562. The minimum Gasteiger partial charge on any atom is -0.396 e. The summed E-state index contributed by atoms with van der Waals surface area (Å²) >= 11 is 0. The molecule has 0 radical (unpaired) electrons. The van der Waals surface area contributed by atoms with E-state index in [-0.39, 0.29) is 18.7 Å². The lowest BCUT2D eigenvalue weighted by molar-refractivity contribution is 0.234. The van der Waals surface area contributed by atoms with Crippen LogP contribution in [-0.4, -0.2) is 41.9 Å². The second-order valence-electron chi connectivity index (χ2n) is 6.52. The Morgan fingerprint density at radius 3 is 2.67 bits per heavy atom. The summed E-state index contributed by atoms with van der Waals surface area (Å²) in [4.78, 5) is 18.7. The van der Waals surface area contributed by atoms with Crippen molar-refractivity contribution < 1.29 is 9.90 Å². The number of carbonyl (C=O) groups excluding carboxylic acids is 1. The van der Waals surface area contributed by atoms with Gasteiger partial charge in [-0.3, -0.25) is 0 Å². The van der Waals surface area contributed by atoms with Crippen molar-refractivity contribution >= 4 is 11.8 Å². The van der Waals surface area contributed by atoms with Crippen LogP contribution in [0, 0.1) is 0 Å². The molecule has 1 atom stereocenters. The fourth-order valence-corrected chi connectivity index (χ4v) is 2.93. The minimum atomic E-state index is -0.183. The van der Waals surface area contributed by atoms with Gasteiger partial charge >= 0.3 is 6.03 Å². The largest absolute Gasteiger partial charge is 0.396 e. The van der Waals surface area contributed by atoms with Gasteiger partial charge in [0.05, 0.1) is 0 Å². The highest BCUT2D eigenvalue weighted by Crippen LogP contribution is 2.17. The number of anilines is 1. The molecule has 1 fully saturated rings. The van der Waals surface area contributed by atoms with E-state index in [1.807, 2.05) is 25.3 Å². The van der Waals surface area contributed by atoms with Gasteiger partial charge in [-0.2, -0.15) is 0 Å². The van der Waals surface area contributed by atoms with Crippen molar-refractivity contribution in [2.45, 2.75) is 58.0 Å². The average Bonchev–Trinajstić information content (AvgIpc) is 2.88. The molecule has 24 heavy (non-hydrogen) atoms. The molecule has 0 aromatic carbocycles. The first kappa shape index (κ1) is 18.5. The predicted molar refractivity (Wildman–Crippen MR) is 96.1 cm³/mol. The van der Waals surface area contributed by atoms with Crippen LogP contribution in [0.5, 0.6) is 0 Å². The lowest BCUT2D eigenvalue weighted by atomic mass is 10.2. The van der Waals surface area contributed by atoms with Gasteiger partial charge in [0.25, 0.3) is 0 Å². The number of aromatic nitrogens is 1. The van der Waals surface area contributed by atoms with Crippen molar-refractivity contribution in [2.24, 2.45) is 0 Å². The second-order valence-corrected chi connectivity index (χ2v) is 6.52. The number of urea groups is 1. The van der Waals surface area contributed by atoms with E-state index < -0.39 is 0 Å². The van der Waals surface area contributed by atoms with Gasteiger partial charge in [-0.25, -0.2) is 9.78 Å². The Balaban J connectivity index is 1.76. The van der Waals surface area contributed by atoms with Gasteiger partial charge in [0, 0.05) is 38.5 Å². The Labute approximate surface area is 144 Å². The summed E-state index contributed by atoms with van der Waals surface area (Å²) in [7, 11) is 0. The van der Waals surface area contributed by atoms with Gasteiger partial charge in [0.2, 0.25) is 0 Å². The topological polar surface area (TPSA) is 77.5 Å². The summed E-state index contributed by atoms with van der Waals surface area (Å²) in [5.41, 5.74) is 0.992. The summed E-state index contributed by atoms with van der Waals surface area (Å²) in [6.45, 7) is 4.72. The number of nitrogens with zero attached hydrogens (tertiary/aromatic N) is 2. The molecule has 134 valence electrons. The second kappa shape index (κ2) is 10.1. The molecule has 1 aromatic heterocycles. The zero-order valence-electron chi connectivity index (χ0n) is 14.6. The molecule has 0 spiro atoms. The molecule has 0 aliphatic carbocycles. The SMILES string of the molecule is CC(CCCO)NC(=O)NCc1ccc(N2CCCCCC2)nc1. The first-order chi connectivity index (χ1) is 11.7. The smallest absolute Gasteiger partial charge is 0.315 e. The lowest BCUT2D eigenvalue weighted by Gasteiger charge is -2.21. The molecule has 1 unspecified atom stereocenters. The summed E-state index contributed by atoms with van der Waals surface area (Å²) in [5.74, 6) is 1.03. The maximum atomic E-state index is 11.8. The predicted octanol–water partition coefficient (Wildman–Crippen LogP) is 2.42. The molecule has 1 saturated heterocycles. The van der Waals surface area contributed by atoms with Gasteiger partial charge in [0.1, 0.15) is 5.82 Å². The molecule has 0 saturated carbocycles. The summed E-state index contributed by atoms with van der Waals surface area (Å²) in [6.07, 6.45) is 8.41. The molecule has 6 heteroatoms. The van der Waals surface area contributed by atoms with E-state index in [4.69, 9.17) is 5.11 Å². The standard InChI is InChI=1S/C18H30N4O2/c1-15(7-6-12-23)21-18(24)20-14-16-8-9-17(19-13-16)22-10-4-2-3-5-11-22/h8-9,13,15,23H,2-7,10-12,14H2,1H3,(H2,20,21,24). The van der Waals surface area contributed by atoms with E-state index in [9.17, 15) is 4.79 Å². The van der Waals surface area contributed by atoms with E-state index in [2.05, 4.69) is 20.5 Å². The third-order valence-corrected chi connectivity index (χ3v) is 4.36. The van der Waals surface area contributed by atoms with Crippen LogP contribution in [0.3, 0.4) is 0 Å². The summed E-state index contributed by atoms with van der Waals surface area (Å²) in [5, 5.41) is 14.5. The zero-order valence-corrected chi connectivity index (χ0v) is 14.6. The molecule has 2 rings (SSSR count). The van der Waals surface area contributed by atoms with Crippen LogP contribution >= 0.6 is 0 Å². The quantitative estimate of drug-likeness (QED) is 0.716. The van der Waals surface area contributed by atoms with Crippen molar-refractivity contribution in [1.29, 1.82) is 0 Å². The van der Waals surface area contributed by atoms with Crippen LogP contribution in [0.1, 0.15) is 51.0 Å². The van der Waals surface area contributed by atoms with E-state index in [0.717, 1.165) is 30.9 Å². The van der Waals surface area contributed by atoms with E-state index in [0.29, 0.717) is 13.0 Å². The molecule has 2 heterocycles. The Hall–Kier alpha value is -1.82. The Morgan fingerprint density at radius 2 is 2.04 bits per heavy atom. The van der Waals surface area contributed by atoms with E-state index >= 15 is 0 Å². The normalized spacial score (nSPS) is 16.3. The van der Waals surface area contributed by atoms with Crippen LogP contribution in [0.4, 0.5) is 10.6 Å². The molecule has 2 amide bonds. The number of amides is 2. The van der Waals surface area contributed by atoms with Gasteiger partial charge in [0.15, 0.2) is 0 Å². The maximum Gasteiger partial charge on any atom is 0.315 e. The van der Waals surface area contributed by atoms with Crippen molar-refractivity contribution in [3.05, 3.63) is 23.9 Å². The molecule has 1 aromatic rings. The number of rotatable bonds is 7. The highest BCUT2D eigenvalue weighted by Gasteiger charge is 2.11. The van der Waals surface area contributed by atoms with Crippen LogP contribution in [0.2, 0.25) is 0 Å². The number of carbonyl (C=O) groups is 1. The third kappa shape index (κ3) is 6.35. The van der Waals surface area contributed by atoms with Gasteiger partial charge in [-0.05, 0) is 44.2 Å². The van der Waals surface area contributed by atoms with Crippen LogP contribution < -0.4 is 15.5 Å². The van der Waals surface area contributed by atoms with Gasteiger partial charge < -0.3 is 20.6 Å². The number of nitrogens with one attached hydrogen (secondary N) is 2. The fraction of sp³-hybridized carbons (Fsp3) is 0.667. The summed E-state index contributed by atoms with van der Waals surface area (Å²) < 4.78 is 0. The number of aliphatic hydroxyl groups excluding tert-OH is 1. The molecule has 3 N–H and O–H groups in total. The first-order valence-electron chi connectivity index (χ1n) is 9.04. The highest BCUT2D eigenvalue weighted by atomic mass is 16.3. The van der Waals surface area contributed by atoms with Crippen LogP contribution in [0.15, 0.2) is 18.3 Å². The molecule has 1 aliphatic rings. The number of aliphatic hydroxyl groups is 1. The van der Waals surface area contributed by atoms with Crippen molar-refractivity contribution in [1.82, 2.24) is 15.6 Å². The van der Waals surface area contributed by atoms with E-state index in [1.165, 1.54) is 25.7 Å². The Kier molecular flexibility index (Phi) is 7.82. The Bertz CT molecular complexity index is 484. The fourth-order valence-electron chi connectivity index (χ4n) is 2.93. The molecule has 0 bridgehead atoms. The number of hydrogen-bond acceptors (Lipinski definition) is 4. The maximum absolute atomic E-state index is 11.8. The lowest BCUT2D eigenvalue weighted by Crippen LogP contribution is -2.40. The van der Waals surface area contributed by atoms with Crippen molar-refractivity contribution in [2.75, 3.05) is 24.6 Å². The van der Waals surface area contributed by atoms with Gasteiger partial charge in [-0.15, -0.1) is 0 Å². The molecular formula is C18H30N4O2. The van der Waals surface area contributed by atoms with Crippen LogP contribution in [-0.2, 0) is 6.54 Å². The highest BCUT2D eigenvalue weighted by molar-refractivity contribution is 5.74. The number of hydrogen-bond donors (Lipinski definition) is 3. The summed E-state index contributed by atoms with van der Waals surface area (Å²) in [6, 6.07) is 3.95. The van der Waals surface area contributed by atoms with Gasteiger partial charge in [-0.1, -0.05) is 18.9 Å². The van der Waals surface area contributed by atoms with E-state index in [1.54, 1.807) is 0 Å². The van der Waals surface area contributed by atoms with Crippen LogP contribution in [0.25, 0.3) is 0 Å². The van der Waals surface area contributed by atoms with Crippen molar-refractivity contribution in [3.8, 4) is 0 Å². The molecule has 6 nitrogen and oxygen atoms in total. The Morgan fingerprint density at radius 1 is 1.29 bits per heavy atom. The molecular weight excluding hydrogens is 304 g/mol. The average molecular weight is 334 g/mol. The monoisotopic (exact) mass is 334 g/mol. The number of pyridine rings is 1. The van der Waals surface area contributed by atoms with Crippen molar-refractivity contribution in [3.63, 3.8) is 0 Å². The molecule has 1 aliphatic heterocycles. The third-order valence-electron chi connectivity index (χ3n) is 4.36.